The average Bonchev–Trinajstić information content (AvgIpc) is 2.88. The molecule has 108 valence electrons. The Hall–Kier alpha value is -1.82. The lowest BCUT2D eigenvalue weighted by Gasteiger charge is -2.35. The standard InChI is InChI=1S/C14H20N4O2/c15-12-8-16-13(7-11(12)14(19)20)17-9-3-5-18-4-1-2-10(18)6-9/h7-10H,1-6,15H2,(H,16,17)(H,19,20). The number of nitrogens with two attached hydrogens (primary N) is 1. The molecule has 20 heavy (non-hydrogen) atoms. The van der Waals surface area contributed by atoms with E-state index in [1.54, 1.807) is 0 Å². The van der Waals surface area contributed by atoms with Crippen molar-refractivity contribution in [3.63, 3.8) is 0 Å². The molecule has 3 rings (SSSR count). The van der Waals surface area contributed by atoms with Crippen molar-refractivity contribution in [3.8, 4) is 0 Å². The topological polar surface area (TPSA) is 91.5 Å². The van der Waals surface area contributed by atoms with Crippen molar-refractivity contribution >= 4 is 17.5 Å². The lowest BCUT2D eigenvalue weighted by Crippen LogP contribution is -2.42. The van der Waals surface area contributed by atoms with Crippen LogP contribution in [0.4, 0.5) is 11.5 Å². The van der Waals surface area contributed by atoms with Gasteiger partial charge in [-0.1, -0.05) is 0 Å². The Bertz CT molecular complexity index is 520. The van der Waals surface area contributed by atoms with Gasteiger partial charge in [0.15, 0.2) is 0 Å². The van der Waals surface area contributed by atoms with E-state index in [9.17, 15) is 4.79 Å². The van der Waals surface area contributed by atoms with Crippen molar-refractivity contribution in [3.05, 3.63) is 17.8 Å². The van der Waals surface area contributed by atoms with Crippen LogP contribution in [-0.4, -0.2) is 46.1 Å². The van der Waals surface area contributed by atoms with Gasteiger partial charge in [-0.2, -0.15) is 0 Å². The van der Waals surface area contributed by atoms with Crippen molar-refractivity contribution in [2.24, 2.45) is 0 Å². The highest BCUT2D eigenvalue weighted by atomic mass is 16.4. The van der Waals surface area contributed by atoms with Crippen LogP contribution >= 0.6 is 0 Å². The number of carboxylic acid groups (broad SMARTS) is 1. The monoisotopic (exact) mass is 276 g/mol. The van der Waals surface area contributed by atoms with E-state index in [0.29, 0.717) is 17.9 Å². The third kappa shape index (κ3) is 2.56. The molecule has 2 unspecified atom stereocenters. The molecule has 3 heterocycles. The normalized spacial score (nSPS) is 26.2. The maximum absolute atomic E-state index is 11.1. The van der Waals surface area contributed by atoms with E-state index in [1.165, 1.54) is 31.6 Å². The molecular formula is C14H20N4O2. The third-order valence-corrected chi connectivity index (χ3v) is 4.34. The zero-order valence-electron chi connectivity index (χ0n) is 11.4. The van der Waals surface area contributed by atoms with Crippen molar-refractivity contribution in [2.75, 3.05) is 24.1 Å². The van der Waals surface area contributed by atoms with Gasteiger partial charge in [-0.3, -0.25) is 0 Å². The molecule has 2 saturated heterocycles. The Morgan fingerprint density at radius 3 is 3.10 bits per heavy atom. The summed E-state index contributed by atoms with van der Waals surface area (Å²) < 4.78 is 0. The highest BCUT2D eigenvalue weighted by Gasteiger charge is 2.31. The molecule has 2 aliphatic rings. The minimum atomic E-state index is -1.02. The molecule has 4 N–H and O–H groups in total. The number of nitrogens with one attached hydrogen (secondary N) is 1. The van der Waals surface area contributed by atoms with E-state index in [4.69, 9.17) is 10.8 Å². The molecule has 0 amide bonds. The van der Waals surface area contributed by atoms with Crippen molar-refractivity contribution < 1.29 is 9.90 Å². The first-order chi connectivity index (χ1) is 9.63. The number of rotatable bonds is 3. The summed E-state index contributed by atoms with van der Waals surface area (Å²) in [5.41, 5.74) is 5.93. The Morgan fingerprint density at radius 1 is 1.45 bits per heavy atom. The van der Waals surface area contributed by atoms with Gasteiger partial charge in [-0.05, 0) is 38.3 Å². The zero-order chi connectivity index (χ0) is 14.1. The van der Waals surface area contributed by atoms with Gasteiger partial charge in [0.25, 0.3) is 0 Å². The summed E-state index contributed by atoms with van der Waals surface area (Å²) >= 11 is 0. The lowest BCUT2D eigenvalue weighted by molar-refractivity contribution is 0.0698. The van der Waals surface area contributed by atoms with Crippen LogP contribution in [0, 0.1) is 0 Å². The first-order valence-corrected chi connectivity index (χ1v) is 7.13. The van der Waals surface area contributed by atoms with Gasteiger partial charge in [-0.25, -0.2) is 9.78 Å². The van der Waals surface area contributed by atoms with Crippen molar-refractivity contribution in [1.82, 2.24) is 9.88 Å². The lowest BCUT2D eigenvalue weighted by atomic mass is 9.97. The second-order valence-corrected chi connectivity index (χ2v) is 5.66. The smallest absolute Gasteiger partial charge is 0.337 e. The molecule has 0 bridgehead atoms. The summed E-state index contributed by atoms with van der Waals surface area (Å²) in [7, 11) is 0. The Balaban J connectivity index is 1.68. The molecule has 2 aliphatic heterocycles. The van der Waals surface area contributed by atoms with Gasteiger partial charge >= 0.3 is 5.97 Å². The number of hydrogen-bond acceptors (Lipinski definition) is 5. The molecule has 0 aromatic carbocycles. The van der Waals surface area contributed by atoms with E-state index in [1.807, 2.05) is 0 Å². The van der Waals surface area contributed by atoms with Crippen molar-refractivity contribution in [1.29, 1.82) is 0 Å². The van der Waals surface area contributed by atoms with E-state index in [-0.39, 0.29) is 11.3 Å². The largest absolute Gasteiger partial charge is 0.478 e. The van der Waals surface area contributed by atoms with E-state index in [0.717, 1.165) is 19.4 Å². The predicted molar refractivity (Wildman–Crippen MR) is 76.8 cm³/mol. The van der Waals surface area contributed by atoms with Gasteiger partial charge in [0, 0.05) is 18.6 Å². The Kier molecular flexibility index (Phi) is 3.48. The number of carbonyl (C=O) groups is 1. The molecule has 0 aliphatic carbocycles. The third-order valence-electron chi connectivity index (χ3n) is 4.34. The predicted octanol–water partition coefficient (Wildman–Crippen LogP) is 1.40. The molecule has 2 fully saturated rings. The van der Waals surface area contributed by atoms with Crippen LogP contribution in [0.3, 0.4) is 0 Å². The number of piperidine rings is 1. The van der Waals surface area contributed by atoms with Crippen LogP contribution in [0.5, 0.6) is 0 Å². The number of aromatic carboxylic acids is 1. The molecule has 1 aromatic heterocycles. The number of anilines is 2. The summed E-state index contributed by atoms with van der Waals surface area (Å²) in [5, 5.41) is 12.4. The second kappa shape index (κ2) is 5.28. The van der Waals surface area contributed by atoms with Crippen LogP contribution < -0.4 is 11.1 Å². The quantitative estimate of drug-likeness (QED) is 0.773. The maximum Gasteiger partial charge on any atom is 0.337 e. The minimum Gasteiger partial charge on any atom is -0.478 e. The van der Waals surface area contributed by atoms with Crippen LogP contribution in [0.15, 0.2) is 12.3 Å². The Labute approximate surface area is 118 Å². The maximum atomic E-state index is 11.1. The highest BCUT2D eigenvalue weighted by Crippen LogP contribution is 2.28. The number of pyridine rings is 1. The second-order valence-electron chi connectivity index (χ2n) is 5.66. The molecule has 0 radical (unpaired) electrons. The van der Waals surface area contributed by atoms with Crippen LogP contribution in [0.1, 0.15) is 36.0 Å². The first-order valence-electron chi connectivity index (χ1n) is 7.13. The minimum absolute atomic E-state index is 0.112. The number of nitrogens with zero attached hydrogens (tertiary/aromatic N) is 2. The van der Waals surface area contributed by atoms with Crippen LogP contribution in [-0.2, 0) is 0 Å². The van der Waals surface area contributed by atoms with E-state index in [2.05, 4.69) is 15.2 Å². The number of fused-ring (bicyclic) bond motifs is 1. The number of carboxylic acids is 1. The van der Waals surface area contributed by atoms with Gasteiger partial charge in [0.05, 0.1) is 17.4 Å². The fourth-order valence-electron chi connectivity index (χ4n) is 3.29. The zero-order valence-corrected chi connectivity index (χ0v) is 11.4. The first kappa shape index (κ1) is 13.2. The molecule has 6 nitrogen and oxygen atoms in total. The SMILES string of the molecule is Nc1cnc(NC2CCN3CCCC3C2)cc1C(=O)O. The summed E-state index contributed by atoms with van der Waals surface area (Å²) in [4.78, 5) is 17.8. The van der Waals surface area contributed by atoms with E-state index < -0.39 is 5.97 Å². The van der Waals surface area contributed by atoms with Gasteiger partial charge < -0.3 is 21.1 Å². The molecule has 2 atom stereocenters. The average molecular weight is 276 g/mol. The highest BCUT2D eigenvalue weighted by molar-refractivity contribution is 5.94. The van der Waals surface area contributed by atoms with Crippen molar-refractivity contribution in [2.45, 2.75) is 37.8 Å². The molecule has 0 saturated carbocycles. The fourth-order valence-corrected chi connectivity index (χ4v) is 3.29. The molecular weight excluding hydrogens is 256 g/mol. The van der Waals surface area contributed by atoms with Gasteiger partial charge in [-0.15, -0.1) is 0 Å². The van der Waals surface area contributed by atoms with Gasteiger partial charge in [0.2, 0.25) is 0 Å². The van der Waals surface area contributed by atoms with Gasteiger partial charge in [0.1, 0.15) is 5.82 Å². The number of nitrogen functional groups attached to an aromatic ring is 1. The Morgan fingerprint density at radius 2 is 2.30 bits per heavy atom. The summed E-state index contributed by atoms with van der Waals surface area (Å²) in [6.07, 6.45) is 6.16. The molecule has 6 heteroatoms. The summed E-state index contributed by atoms with van der Waals surface area (Å²) in [6, 6.07) is 2.57. The molecule has 0 spiro atoms. The summed E-state index contributed by atoms with van der Waals surface area (Å²) in [5.74, 6) is -0.411. The number of hydrogen-bond donors (Lipinski definition) is 3. The summed E-state index contributed by atoms with van der Waals surface area (Å²) in [6.45, 7) is 2.34. The van der Waals surface area contributed by atoms with E-state index >= 15 is 0 Å². The van der Waals surface area contributed by atoms with Crippen LogP contribution in [0.25, 0.3) is 0 Å². The molecule has 1 aromatic rings. The number of aromatic nitrogens is 1. The fraction of sp³-hybridized carbons (Fsp3) is 0.571. The van der Waals surface area contributed by atoms with Crippen LogP contribution in [0.2, 0.25) is 0 Å².